The lowest BCUT2D eigenvalue weighted by atomic mass is 9.99. The van der Waals surface area contributed by atoms with Gasteiger partial charge in [-0.2, -0.15) is 5.10 Å². The van der Waals surface area contributed by atoms with Gasteiger partial charge < -0.3 is 14.7 Å². The van der Waals surface area contributed by atoms with Crippen LogP contribution in [-0.2, 0) is 6.54 Å². The van der Waals surface area contributed by atoms with E-state index in [1.807, 2.05) is 4.90 Å². The number of carbonyl (C=O) groups excluding carboxylic acids is 1. The van der Waals surface area contributed by atoms with E-state index in [1.54, 1.807) is 10.7 Å². The van der Waals surface area contributed by atoms with E-state index in [-0.39, 0.29) is 18.6 Å². The highest BCUT2D eigenvalue weighted by molar-refractivity contribution is 5.93. The van der Waals surface area contributed by atoms with Gasteiger partial charge in [0.25, 0.3) is 5.91 Å². The van der Waals surface area contributed by atoms with Crippen LogP contribution in [-0.4, -0.2) is 51.5 Å². The molecule has 3 rings (SSSR count). The first-order chi connectivity index (χ1) is 9.29. The van der Waals surface area contributed by atoms with Crippen molar-refractivity contribution >= 4 is 5.91 Å². The number of fused-ring (bicyclic) bond motifs is 1. The average Bonchev–Trinajstić information content (AvgIpc) is 2.99. The summed E-state index contributed by atoms with van der Waals surface area (Å²) in [6.45, 7) is 2.22. The molecule has 1 unspecified atom stereocenters. The van der Waals surface area contributed by atoms with Crippen molar-refractivity contribution in [2.24, 2.45) is 0 Å². The lowest BCUT2D eigenvalue weighted by molar-refractivity contribution is 0.0567. The number of ether oxygens (including phenoxy) is 1. The molecule has 0 bridgehead atoms. The molecule has 19 heavy (non-hydrogen) atoms. The number of aromatic nitrogens is 2. The van der Waals surface area contributed by atoms with Crippen molar-refractivity contribution < 1.29 is 14.6 Å². The minimum absolute atomic E-state index is 0.0383. The fourth-order valence-electron chi connectivity index (χ4n) is 2.88. The molecule has 1 N–H and O–H groups in total. The Morgan fingerprint density at radius 2 is 2.37 bits per heavy atom. The zero-order chi connectivity index (χ0) is 13.2. The SMILES string of the molecule is O=C(c1cc2n(n1)CCO2)N1CCCCC1CCO. The van der Waals surface area contributed by atoms with Crippen molar-refractivity contribution in [2.45, 2.75) is 38.3 Å². The molecule has 2 aliphatic heterocycles. The van der Waals surface area contributed by atoms with Crippen LogP contribution in [0.25, 0.3) is 0 Å². The van der Waals surface area contributed by atoms with Crippen LogP contribution in [0.3, 0.4) is 0 Å². The number of aliphatic hydroxyl groups excluding tert-OH is 1. The highest BCUT2D eigenvalue weighted by Gasteiger charge is 2.29. The van der Waals surface area contributed by atoms with Gasteiger partial charge in [-0.25, -0.2) is 4.68 Å². The second kappa shape index (κ2) is 5.21. The van der Waals surface area contributed by atoms with E-state index >= 15 is 0 Å². The van der Waals surface area contributed by atoms with Crippen molar-refractivity contribution in [3.05, 3.63) is 11.8 Å². The number of carbonyl (C=O) groups is 1. The molecule has 1 fully saturated rings. The Morgan fingerprint density at radius 3 is 3.16 bits per heavy atom. The Labute approximate surface area is 112 Å². The van der Waals surface area contributed by atoms with Gasteiger partial charge in [0, 0.05) is 25.3 Å². The van der Waals surface area contributed by atoms with Crippen molar-refractivity contribution in [1.29, 1.82) is 0 Å². The lowest BCUT2D eigenvalue weighted by Crippen LogP contribution is -2.44. The minimum atomic E-state index is -0.0383. The van der Waals surface area contributed by atoms with Gasteiger partial charge in [0.2, 0.25) is 5.88 Å². The topological polar surface area (TPSA) is 67.6 Å². The summed E-state index contributed by atoms with van der Waals surface area (Å²) >= 11 is 0. The van der Waals surface area contributed by atoms with E-state index < -0.39 is 0 Å². The summed E-state index contributed by atoms with van der Waals surface area (Å²) in [5, 5.41) is 13.4. The Hall–Kier alpha value is -1.56. The van der Waals surface area contributed by atoms with Crippen molar-refractivity contribution in [3.63, 3.8) is 0 Å². The molecule has 6 heteroatoms. The summed E-state index contributed by atoms with van der Waals surface area (Å²) in [6, 6.07) is 1.86. The number of amides is 1. The van der Waals surface area contributed by atoms with Gasteiger partial charge >= 0.3 is 0 Å². The molecule has 1 saturated heterocycles. The summed E-state index contributed by atoms with van der Waals surface area (Å²) in [7, 11) is 0. The quantitative estimate of drug-likeness (QED) is 0.871. The fraction of sp³-hybridized carbons (Fsp3) is 0.692. The van der Waals surface area contributed by atoms with E-state index in [0.717, 1.165) is 25.8 Å². The Kier molecular flexibility index (Phi) is 3.42. The second-order valence-electron chi connectivity index (χ2n) is 5.10. The molecule has 6 nitrogen and oxygen atoms in total. The number of rotatable bonds is 3. The van der Waals surface area contributed by atoms with Crippen LogP contribution < -0.4 is 4.74 Å². The van der Waals surface area contributed by atoms with Gasteiger partial charge in [-0.3, -0.25) is 4.79 Å². The van der Waals surface area contributed by atoms with Crippen LogP contribution in [0.5, 0.6) is 5.88 Å². The Morgan fingerprint density at radius 1 is 1.47 bits per heavy atom. The van der Waals surface area contributed by atoms with Crippen LogP contribution in [0.4, 0.5) is 0 Å². The third kappa shape index (κ3) is 2.32. The number of hydrogen-bond acceptors (Lipinski definition) is 4. The molecule has 1 atom stereocenters. The predicted octanol–water partition coefficient (Wildman–Crippen LogP) is 0.653. The van der Waals surface area contributed by atoms with Crippen molar-refractivity contribution in [2.75, 3.05) is 19.8 Å². The number of piperidine rings is 1. The molecule has 0 saturated carbocycles. The first kappa shape index (κ1) is 12.5. The summed E-state index contributed by atoms with van der Waals surface area (Å²) in [4.78, 5) is 14.4. The third-order valence-corrected chi connectivity index (χ3v) is 3.87. The third-order valence-electron chi connectivity index (χ3n) is 3.87. The number of nitrogens with zero attached hydrogens (tertiary/aromatic N) is 3. The first-order valence-corrected chi connectivity index (χ1v) is 6.92. The molecule has 1 aromatic heterocycles. The van der Waals surface area contributed by atoms with Crippen LogP contribution >= 0.6 is 0 Å². The summed E-state index contributed by atoms with van der Waals surface area (Å²) in [6.07, 6.45) is 3.77. The van der Waals surface area contributed by atoms with E-state index in [2.05, 4.69) is 5.10 Å². The molecular weight excluding hydrogens is 246 g/mol. The van der Waals surface area contributed by atoms with Gasteiger partial charge in [-0.15, -0.1) is 0 Å². The predicted molar refractivity (Wildman–Crippen MR) is 68.1 cm³/mol. The van der Waals surface area contributed by atoms with Crippen molar-refractivity contribution in [1.82, 2.24) is 14.7 Å². The highest BCUT2D eigenvalue weighted by Crippen LogP contribution is 2.24. The van der Waals surface area contributed by atoms with Gasteiger partial charge in [-0.1, -0.05) is 0 Å². The van der Waals surface area contributed by atoms with Crippen LogP contribution in [0.2, 0.25) is 0 Å². The molecule has 0 spiro atoms. The molecule has 104 valence electrons. The molecule has 0 aliphatic carbocycles. The number of hydrogen-bond donors (Lipinski definition) is 1. The lowest BCUT2D eigenvalue weighted by Gasteiger charge is -2.35. The molecular formula is C13H19N3O3. The van der Waals surface area contributed by atoms with Crippen LogP contribution in [0, 0.1) is 0 Å². The molecule has 1 aromatic rings. The summed E-state index contributed by atoms with van der Waals surface area (Å²) in [5.74, 6) is 0.641. The van der Waals surface area contributed by atoms with Gasteiger partial charge in [0.1, 0.15) is 6.61 Å². The molecule has 3 heterocycles. The normalized spacial score (nSPS) is 22.2. The molecule has 2 aliphatic rings. The summed E-state index contributed by atoms with van der Waals surface area (Å²) < 4.78 is 7.12. The maximum atomic E-state index is 12.5. The molecule has 0 radical (unpaired) electrons. The minimum Gasteiger partial charge on any atom is -0.476 e. The maximum absolute atomic E-state index is 12.5. The van der Waals surface area contributed by atoms with Gasteiger partial charge in [0.05, 0.1) is 6.54 Å². The van der Waals surface area contributed by atoms with E-state index in [4.69, 9.17) is 9.84 Å². The first-order valence-electron chi connectivity index (χ1n) is 6.92. The molecule has 1 amide bonds. The van der Waals surface area contributed by atoms with Crippen molar-refractivity contribution in [3.8, 4) is 5.88 Å². The number of likely N-dealkylation sites (tertiary alicyclic amines) is 1. The summed E-state index contributed by atoms with van der Waals surface area (Å²) in [5.41, 5.74) is 0.458. The van der Waals surface area contributed by atoms with E-state index in [0.29, 0.717) is 31.1 Å². The smallest absolute Gasteiger partial charge is 0.274 e. The zero-order valence-electron chi connectivity index (χ0n) is 10.9. The van der Waals surface area contributed by atoms with Gasteiger partial charge in [-0.05, 0) is 25.7 Å². The maximum Gasteiger partial charge on any atom is 0.274 e. The monoisotopic (exact) mass is 265 g/mol. The molecule has 0 aromatic carbocycles. The zero-order valence-corrected chi connectivity index (χ0v) is 10.9. The second-order valence-corrected chi connectivity index (χ2v) is 5.10. The Bertz CT molecular complexity index is 448. The van der Waals surface area contributed by atoms with Gasteiger partial charge in [0.15, 0.2) is 5.69 Å². The largest absolute Gasteiger partial charge is 0.476 e. The van der Waals surface area contributed by atoms with E-state index in [1.165, 1.54) is 0 Å². The highest BCUT2D eigenvalue weighted by atomic mass is 16.5. The number of aliphatic hydroxyl groups is 1. The van der Waals surface area contributed by atoms with Crippen LogP contribution in [0.15, 0.2) is 6.07 Å². The standard InChI is InChI=1S/C13H19N3O3/c17-7-4-10-3-1-2-5-15(10)13(18)11-9-12-16(14-11)6-8-19-12/h9-10,17H,1-8H2. The fourth-order valence-corrected chi connectivity index (χ4v) is 2.88. The average molecular weight is 265 g/mol. The Balaban J connectivity index is 1.77. The van der Waals surface area contributed by atoms with E-state index in [9.17, 15) is 4.79 Å². The van der Waals surface area contributed by atoms with Crippen LogP contribution in [0.1, 0.15) is 36.2 Å².